The largest absolute Gasteiger partial charge is 0.478 e. The number of carboxylic acid groups (broad SMARTS) is 2. The predicted octanol–water partition coefficient (Wildman–Crippen LogP) is 4.65. The Bertz CT molecular complexity index is 831. The SMILES string of the molecule is CC(C)CN(Cc1ccc(C(F)(F)F)cc1C(F)(F)F)C1CCNCC1.O=C(O)/C=C/C(=O)O. The fourth-order valence-corrected chi connectivity index (χ4v) is 3.50. The average Bonchev–Trinajstić information content (AvgIpc) is 2.71. The first-order valence-electron chi connectivity index (χ1n) is 10.5. The highest BCUT2D eigenvalue weighted by atomic mass is 19.4. The number of carbonyl (C=O) groups is 2. The van der Waals surface area contributed by atoms with Crippen LogP contribution in [0.4, 0.5) is 26.3 Å². The summed E-state index contributed by atoms with van der Waals surface area (Å²) in [6.45, 7) is 6.13. The van der Waals surface area contributed by atoms with Gasteiger partial charge in [0.15, 0.2) is 0 Å². The molecule has 1 aromatic carbocycles. The van der Waals surface area contributed by atoms with Gasteiger partial charge in [0.25, 0.3) is 0 Å². The molecule has 1 heterocycles. The number of aliphatic carboxylic acids is 2. The summed E-state index contributed by atoms with van der Waals surface area (Å²) in [5.74, 6) is -2.27. The van der Waals surface area contributed by atoms with E-state index in [9.17, 15) is 35.9 Å². The van der Waals surface area contributed by atoms with Gasteiger partial charge in [-0.25, -0.2) is 9.59 Å². The fourth-order valence-electron chi connectivity index (χ4n) is 3.50. The van der Waals surface area contributed by atoms with Crippen LogP contribution in [0.25, 0.3) is 0 Å². The molecule has 1 aliphatic rings. The zero-order valence-corrected chi connectivity index (χ0v) is 18.7. The molecule has 0 radical (unpaired) electrons. The van der Waals surface area contributed by atoms with Crippen LogP contribution in [-0.2, 0) is 28.5 Å². The Morgan fingerprint density at radius 1 is 1.03 bits per heavy atom. The highest BCUT2D eigenvalue weighted by Crippen LogP contribution is 2.38. The molecule has 12 heteroatoms. The van der Waals surface area contributed by atoms with E-state index in [1.54, 1.807) is 0 Å². The van der Waals surface area contributed by atoms with E-state index in [2.05, 4.69) is 5.32 Å². The Labute approximate surface area is 193 Å². The molecule has 34 heavy (non-hydrogen) atoms. The maximum atomic E-state index is 13.4. The summed E-state index contributed by atoms with van der Waals surface area (Å²) in [5.41, 5.74) is -2.58. The third-order valence-electron chi connectivity index (χ3n) is 4.91. The number of hydrogen-bond acceptors (Lipinski definition) is 4. The predicted molar refractivity (Wildman–Crippen MR) is 112 cm³/mol. The van der Waals surface area contributed by atoms with E-state index in [-0.39, 0.29) is 30.1 Å². The molecule has 0 saturated carbocycles. The maximum absolute atomic E-state index is 13.4. The molecule has 0 atom stereocenters. The zero-order chi connectivity index (χ0) is 26.1. The van der Waals surface area contributed by atoms with E-state index in [0.29, 0.717) is 18.7 Å². The number of hydrogen-bond donors (Lipinski definition) is 3. The van der Waals surface area contributed by atoms with Gasteiger partial charge in [0.1, 0.15) is 0 Å². The smallest absolute Gasteiger partial charge is 0.416 e. The highest BCUT2D eigenvalue weighted by Gasteiger charge is 2.38. The molecule has 0 amide bonds. The standard InChI is InChI=1S/C18H24F6N2.C4H4O4/c1-12(2)10-26(15-5-7-25-8-6-15)11-13-3-4-14(17(19,20)21)9-16(13)18(22,23)24;5-3(6)1-2-4(7)8/h3-4,9,12,15,25H,5-8,10-11H2,1-2H3;1-2H,(H,5,6)(H,7,8)/b;2-1+. The second-order valence-electron chi connectivity index (χ2n) is 8.18. The molecule has 2 rings (SSSR count). The molecule has 3 N–H and O–H groups in total. The molecule has 0 unspecified atom stereocenters. The summed E-state index contributed by atoms with van der Waals surface area (Å²) in [6, 6.07) is 2.06. The summed E-state index contributed by atoms with van der Waals surface area (Å²) < 4.78 is 78.6. The van der Waals surface area contributed by atoms with Crippen molar-refractivity contribution in [2.45, 2.75) is 51.6 Å². The number of nitrogens with zero attached hydrogens (tertiary/aromatic N) is 1. The first kappa shape index (κ1) is 29.4. The van der Waals surface area contributed by atoms with Crippen molar-refractivity contribution in [1.29, 1.82) is 0 Å². The number of alkyl halides is 6. The van der Waals surface area contributed by atoms with E-state index in [1.165, 1.54) is 0 Å². The van der Waals surface area contributed by atoms with E-state index in [4.69, 9.17) is 10.2 Å². The van der Waals surface area contributed by atoms with Gasteiger partial charge in [0, 0.05) is 31.3 Å². The van der Waals surface area contributed by atoms with Crippen LogP contribution < -0.4 is 5.32 Å². The van der Waals surface area contributed by atoms with Gasteiger partial charge in [-0.15, -0.1) is 0 Å². The average molecular weight is 498 g/mol. The van der Waals surface area contributed by atoms with Crippen LogP contribution in [0.15, 0.2) is 30.4 Å². The Morgan fingerprint density at radius 2 is 1.56 bits per heavy atom. The summed E-state index contributed by atoms with van der Waals surface area (Å²) in [7, 11) is 0. The van der Waals surface area contributed by atoms with Crippen molar-refractivity contribution in [3.63, 3.8) is 0 Å². The molecule has 192 valence electrons. The quantitative estimate of drug-likeness (QED) is 0.375. The lowest BCUT2D eigenvalue weighted by molar-refractivity contribution is -0.143. The van der Waals surface area contributed by atoms with E-state index in [1.807, 2.05) is 18.7 Å². The molecule has 1 aliphatic heterocycles. The lowest BCUT2D eigenvalue weighted by atomic mass is 9.98. The van der Waals surface area contributed by atoms with Crippen molar-refractivity contribution in [2.75, 3.05) is 19.6 Å². The van der Waals surface area contributed by atoms with E-state index < -0.39 is 35.4 Å². The highest BCUT2D eigenvalue weighted by molar-refractivity contribution is 5.89. The third kappa shape index (κ3) is 10.6. The summed E-state index contributed by atoms with van der Waals surface area (Å²) in [4.78, 5) is 21.1. The lowest BCUT2D eigenvalue weighted by Gasteiger charge is -2.36. The first-order valence-corrected chi connectivity index (χ1v) is 10.5. The Morgan fingerprint density at radius 3 is 1.97 bits per heavy atom. The molecule has 0 aromatic heterocycles. The van der Waals surface area contributed by atoms with E-state index >= 15 is 0 Å². The van der Waals surface area contributed by atoms with Crippen molar-refractivity contribution < 1.29 is 46.1 Å². The van der Waals surface area contributed by atoms with Crippen LogP contribution >= 0.6 is 0 Å². The molecule has 6 nitrogen and oxygen atoms in total. The Hall–Kier alpha value is -2.60. The minimum atomic E-state index is -4.83. The number of rotatable bonds is 7. The number of nitrogens with one attached hydrogen (secondary N) is 1. The number of carboxylic acids is 2. The topological polar surface area (TPSA) is 89.9 Å². The molecule has 0 aliphatic carbocycles. The number of piperidine rings is 1. The maximum Gasteiger partial charge on any atom is 0.416 e. The van der Waals surface area contributed by atoms with Crippen molar-refractivity contribution >= 4 is 11.9 Å². The van der Waals surface area contributed by atoms with Gasteiger partial charge < -0.3 is 15.5 Å². The minimum Gasteiger partial charge on any atom is -0.478 e. The van der Waals surface area contributed by atoms with Crippen LogP contribution in [0.5, 0.6) is 0 Å². The van der Waals surface area contributed by atoms with Crippen molar-refractivity contribution in [3.8, 4) is 0 Å². The van der Waals surface area contributed by atoms with Gasteiger partial charge in [-0.1, -0.05) is 19.9 Å². The van der Waals surface area contributed by atoms with Crippen LogP contribution in [0.1, 0.15) is 43.4 Å². The molecular weight excluding hydrogens is 470 g/mol. The van der Waals surface area contributed by atoms with Crippen LogP contribution in [-0.4, -0.2) is 52.7 Å². The van der Waals surface area contributed by atoms with Crippen LogP contribution in [0, 0.1) is 5.92 Å². The zero-order valence-electron chi connectivity index (χ0n) is 18.7. The van der Waals surface area contributed by atoms with Crippen molar-refractivity contribution in [3.05, 3.63) is 47.0 Å². The van der Waals surface area contributed by atoms with Gasteiger partial charge in [-0.3, -0.25) is 4.90 Å². The van der Waals surface area contributed by atoms with Gasteiger partial charge >= 0.3 is 24.3 Å². The summed E-state index contributed by atoms with van der Waals surface area (Å²) in [5, 5.41) is 18.8. The molecule has 1 saturated heterocycles. The Kier molecular flexibility index (Phi) is 11.0. The van der Waals surface area contributed by atoms with Gasteiger partial charge in [-0.2, -0.15) is 26.3 Å². The van der Waals surface area contributed by atoms with Crippen molar-refractivity contribution in [2.24, 2.45) is 5.92 Å². The molecule has 1 fully saturated rings. The van der Waals surface area contributed by atoms with Gasteiger partial charge in [-0.05, 0) is 49.5 Å². The monoisotopic (exact) mass is 498 g/mol. The van der Waals surface area contributed by atoms with Gasteiger partial charge in [0.05, 0.1) is 11.1 Å². The molecule has 0 bridgehead atoms. The van der Waals surface area contributed by atoms with Crippen LogP contribution in [0.2, 0.25) is 0 Å². The molecule has 1 aromatic rings. The summed E-state index contributed by atoms with van der Waals surface area (Å²) >= 11 is 0. The molecule has 0 spiro atoms. The van der Waals surface area contributed by atoms with Crippen LogP contribution in [0.3, 0.4) is 0 Å². The second-order valence-corrected chi connectivity index (χ2v) is 8.18. The third-order valence-corrected chi connectivity index (χ3v) is 4.91. The first-order chi connectivity index (χ1) is 15.6. The molecular formula is C22H28F6N2O4. The lowest BCUT2D eigenvalue weighted by Crippen LogP contribution is -2.44. The van der Waals surface area contributed by atoms with E-state index in [0.717, 1.165) is 38.1 Å². The van der Waals surface area contributed by atoms with Crippen molar-refractivity contribution in [1.82, 2.24) is 10.2 Å². The normalized spacial score (nSPS) is 15.5. The number of halogens is 6. The minimum absolute atomic E-state index is 0.00414. The number of benzene rings is 1. The second kappa shape index (κ2) is 12.7. The Balaban J connectivity index is 0.000000620. The summed E-state index contributed by atoms with van der Waals surface area (Å²) in [6.07, 6.45) is -6.88. The fraction of sp³-hybridized carbons (Fsp3) is 0.545. The van der Waals surface area contributed by atoms with Gasteiger partial charge in [0.2, 0.25) is 0 Å².